The van der Waals surface area contributed by atoms with Gasteiger partial charge in [-0.15, -0.1) is 0 Å². The van der Waals surface area contributed by atoms with Gasteiger partial charge in [-0.05, 0) is 29.8 Å². The Hall–Kier alpha value is -2.22. The standard InChI is InChI=1S/C19H19NO4.HI/c1-20-10-13(6-12-4-5-18(23-2)16(21)7-12)15-9-19(24-3)17(22)8-14(15)11-20;/h4-5,7-11H,6H2,1-3H3,(H-,21,22);1H. The molecule has 0 saturated carbocycles. The molecule has 6 heteroatoms. The van der Waals surface area contributed by atoms with Gasteiger partial charge in [0.15, 0.2) is 35.4 Å². The van der Waals surface area contributed by atoms with Crippen molar-refractivity contribution in [1.29, 1.82) is 0 Å². The minimum atomic E-state index is 0. The van der Waals surface area contributed by atoms with Crippen LogP contribution in [0.15, 0.2) is 42.7 Å². The maximum absolute atomic E-state index is 9.99. The van der Waals surface area contributed by atoms with Crippen molar-refractivity contribution in [2.24, 2.45) is 7.05 Å². The molecule has 1 heterocycles. The lowest BCUT2D eigenvalue weighted by atomic mass is 10.00. The fourth-order valence-electron chi connectivity index (χ4n) is 2.91. The highest BCUT2D eigenvalue weighted by molar-refractivity contribution is 5.87. The molecule has 0 amide bonds. The first-order valence-electron chi connectivity index (χ1n) is 7.56. The lowest BCUT2D eigenvalue weighted by molar-refractivity contribution is -0.670. The van der Waals surface area contributed by atoms with Gasteiger partial charge in [-0.25, -0.2) is 4.57 Å². The van der Waals surface area contributed by atoms with Gasteiger partial charge < -0.3 is 43.7 Å². The highest BCUT2D eigenvalue weighted by Crippen LogP contribution is 2.33. The molecule has 1 aromatic heterocycles. The number of aryl methyl sites for hydroxylation is 1. The summed E-state index contributed by atoms with van der Waals surface area (Å²) in [5, 5.41) is 21.9. The predicted molar refractivity (Wildman–Crippen MR) is 90.8 cm³/mol. The first-order valence-corrected chi connectivity index (χ1v) is 7.56. The summed E-state index contributed by atoms with van der Waals surface area (Å²) in [7, 11) is 5.00. The molecule has 0 fully saturated rings. The van der Waals surface area contributed by atoms with E-state index in [4.69, 9.17) is 9.47 Å². The molecule has 3 aromatic rings. The quantitative estimate of drug-likeness (QED) is 0.421. The number of benzene rings is 2. The molecule has 0 atom stereocenters. The summed E-state index contributed by atoms with van der Waals surface area (Å²) < 4.78 is 12.3. The zero-order chi connectivity index (χ0) is 17.3. The van der Waals surface area contributed by atoms with Crippen molar-refractivity contribution >= 4 is 10.8 Å². The SMILES string of the molecule is COc1ccc(Cc2c[n+](C)cc3cc(O)c(OC)cc23)cc1O.[I-]. The molecule has 0 bridgehead atoms. The fourth-order valence-corrected chi connectivity index (χ4v) is 2.91. The first kappa shape index (κ1) is 19.1. The van der Waals surface area contributed by atoms with Gasteiger partial charge in [0.1, 0.15) is 7.05 Å². The number of hydrogen-bond acceptors (Lipinski definition) is 4. The minimum absolute atomic E-state index is 0. The largest absolute Gasteiger partial charge is 1.00 e. The predicted octanol–water partition coefficient (Wildman–Crippen LogP) is -0.312. The fraction of sp³-hybridized carbons (Fsp3) is 0.211. The lowest BCUT2D eigenvalue weighted by Gasteiger charge is -2.10. The van der Waals surface area contributed by atoms with Crippen LogP contribution < -0.4 is 38.0 Å². The van der Waals surface area contributed by atoms with Crippen LogP contribution in [0.3, 0.4) is 0 Å². The normalized spacial score (nSPS) is 10.4. The van der Waals surface area contributed by atoms with Crippen molar-refractivity contribution in [2.75, 3.05) is 14.2 Å². The highest BCUT2D eigenvalue weighted by atomic mass is 127. The molecular formula is C19H20INO4. The maximum atomic E-state index is 9.99. The van der Waals surface area contributed by atoms with Crippen LogP contribution in [-0.2, 0) is 13.5 Å². The number of phenols is 2. The summed E-state index contributed by atoms with van der Waals surface area (Å²) in [5.41, 5.74) is 2.03. The lowest BCUT2D eigenvalue weighted by Crippen LogP contribution is -3.00. The van der Waals surface area contributed by atoms with Crippen LogP contribution in [0.2, 0.25) is 0 Å². The number of fused-ring (bicyclic) bond motifs is 1. The third-order valence-electron chi connectivity index (χ3n) is 4.04. The summed E-state index contributed by atoms with van der Waals surface area (Å²) >= 11 is 0. The number of aromatic nitrogens is 1. The zero-order valence-corrected chi connectivity index (χ0v) is 16.4. The molecule has 2 N–H and O–H groups in total. The summed E-state index contributed by atoms with van der Waals surface area (Å²) in [6.07, 6.45) is 4.61. The van der Waals surface area contributed by atoms with Gasteiger partial charge >= 0.3 is 0 Å². The van der Waals surface area contributed by atoms with Gasteiger partial charge in [0.2, 0.25) is 0 Å². The second-order valence-electron chi connectivity index (χ2n) is 5.74. The Labute approximate surface area is 163 Å². The Kier molecular flexibility index (Phi) is 5.94. The number of hydrogen-bond donors (Lipinski definition) is 2. The number of methoxy groups -OCH3 is 2. The first-order chi connectivity index (χ1) is 11.5. The van der Waals surface area contributed by atoms with E-state index in [0.717, 1.165) is 21.9 Å². The van der Waals surface area contributed by atoms with Gasteiger partial charge in [-0.2, -0.15) is 0 Å². The van der Waals surface area contributed by atoms with Crippen LogP contribution in [0.4, 0.5) is 0 Å². The average molecular weight is 453 g/mol. The highest BCUT2D eigenvalue weighted by Gasteiger charge is 2.13. The average Bonchev–Trinajstić information content (AvgIpc) is 2.54. The molecule has 132 valence electrons. The van der Waals surface area contributed by atoms with Crippen molar-refractivity contribution in [3.05, 3.63) is 53.9 Å². The maximum Gasteiger partial charge on any atom is 0.176 e. The van der Waals surface area contributed by atoms with Crippen molar-refractivity contribution in [2.45, 2.75) is 6.42 Å². The second-order valence-corrected chi connectivity index (χ2v) is 5.74. The van der Waals surface area contributed by atoms with Gasteiger partial charge in [0, 0.05) is 22.8 Å². The second kappa shape index (κ2) is 7.77. The molecule has 0 unspecified atom stereocenters. The van der Waals surface area contributed by atoms with E-state index in [9.17, 15) is 10.2 Å². The van der Waals surface area contributed by atoms with E-state index in [-0.39, 0.29) is 35.5 Å². The van der Waals surface area contributed by atoms with Crippen molar-refractivity contribution in [1.82, 2.24) is 0 Å². The van der Waals surface area contributed by atoms with E-state index in [1.54, 1.807) is 18.2 Å². The van der Waals surface area contributed by atoms with Crippen LogP contribution in [0.5, 0.6) is 23.0 Å². The Bertz CT molecular complexity index is 912. The number of rotatable bonds is 4. The van der Waals surface area contributed by atoms with E-state index in [1.807, 2.05) is 36.1 Å². The molecule has 0 saturated heterocycles. The van der Waals surface area contributed by atoms with Gasteiger partial charge in [-0.1, -0.05) is 6.07 Å². The van der Waals surface area contributed by atoms with Crippen LogP contribution in [-0.4, -0.2) is 24.4 Å². The van der Waals surface area contributed by atoms with Crippen LogP contribution in [0.1, 0.15) is 11.1 Å². The minimum Gasteiger partial charge on any atom is -1.00 e. The van der Waals surface area contributed by atoms with Crippen molar-refractivity contribution in [3.8, 4) is 23.0 Å². The molecule has 3 rings (SSSR count). The summed E-state index contributed by atoms with van der Waals surface area (Å²) in [5.74, 6) is 1.13. The number of pyridine rings is 1. The van der Waals surface area contributed by atoms with Crippen LogP contribution >= 0.6 is 0 Å². The molecular weight excluding hydrogens is 433 g/mol. The topological polar surface area (TPSA) is 62.8 Å². The molecule has 25 heavy (non-hydrogen) atoms. The zero-order valence-electron chi connectivity index (χ0n) is 14.3. The Morgan fingerprint density at radius 2 is 1.60 bits per heavy atom. The van der Waals surface area contributed by atoms with Crippen molar-refractivity contribution in [3.63, 3.8) is 0 Å². The third-order valence-corrected chi connectivity index (χ3v) is 4.04. The number of halogens is 1. The van der Waals surface area contributed by atoms with E-state index in [0.29, 0.717) is 17.9 Å². The van der Waals surface area contributed by atoms with Gasteiger partial charge in [0.05, 0.1) is 14.2 Å². The molecule has 5 nitrogen and oxygen atoms in total. The number of nitrogens with zero attached hydrogens (tertiary/aromatic N) is 1. The molecule has 0 radical (unpaired) electrons. The molecule has 0 aliphatic carbocycles. The van der Waals surface area contributed by atoms with E-state index < -0.39 is 0 Å². The summed E-state index contributed by atoms with van der Waals surface area (Å²) in [6, 6.07) is 8.92. The van der Waals surface area contributed by atoms with E-state index in [2.05, 4.69) is 0 Å². The Balaban J connectivity index is 0.00000225. The number of ether oxygens (including phenoxy) is 2. The Morgan fingerprint density at radius 1 is 0.920 bits per heavy atom. The van der Waals surface area contributed by atoms with Crippen LogP contribution in [0, 0.1) is 0 Å². The van der Waals surface area contributed by atoms with E-state index >= 15 is 0 Å². The monoisotopic (exact) mass is 453 g/mol. The van der Waals surface area contributed by atoms with E-state index in [1.165, 1.54) is 14.2 Å². The molecule has 0 spiro atoms. The molecule has 2 aromatic carbocycles. The molecule has 0 aliphatic rings. The summed E-state index contributed by atoms with van der Waals surface area (Å²) in [6.45, 7) is 0. The van der Waals surface area contributed by atoms with Crippen LogP contribution in [0.25, 0.3) is 10.8 Å². The van der Waals surface area contributed by atoms with Gasteiger partial charge in [0.25, 0.3) is 0 Å². The van der Waals surface area contributed by atoms with Gasteiger partial charge in [-0.3, -0.25) is 0 Å². The third kappa shape index (κ3) is 3.89. The smallest absolute Gasteiger partial charge is 0.176 e. The molecule has 0 aliphatic heterocycles. The van der Waals surface area contributed by atoms with Crippen molar-refractivity contribution < 1.29 is 48.2 Å². The summed E-state index contributed by atoms with van der Waals surface area (Å²) in [4.78, 5) is 0. The number of phenolic OH excluding ortho intramolecular Hbond substituents is 2. The number of aromatic hydroxyl groups is 2. The Morgan fingerprint density at radius 3 is 2.24 bits per heavy atom.